The number of rotatable bonds is 6. The smallest absolute Gasteiger partial charge is 0.238 e. The largest absolute Gasteiger partial charge is 0.325 e. The van der Waals surface area contributed by atoms with Crippen LogP contribution in [-0.4, -0.2) is 30.0 Å². The van der Waals surface area contributed by atoms with Crippen molar-refractivity contribution in [3.05, 3.63) is 28.7 Å². The van der Waals surface area contributed by atoms with E-state index < -0.39 is 0 Å². The lowest BCUT2D eigenvalue weighted by atomic mass is 10.1. The molecule has 3 nitrogen and oxygen atoms in total. The van der Waals surface area contributed by atoms with Gasteiger partial charge in [0, 0.05) is 21.5 Å². The highest BCUT2D eigenvalue weighted by molar-refractivity contribution is 9.10. The van der Waals surface area contributed by atoms with Crippen LogP contribution in [0.3, 0.4) is 0 Å². The van der Waals surface area contributed by atoms with Crippen LogP contribution in [0.15, 0.2) is 28.7 Å². The molecule has 2 rings (SSSR count). The Balaban J connectivity index is 1.73. The highest BCUT2D eigenvalue weighted by Gasteiger charge is 2.32. The maximum absolute atomic E-state index is 11.9. The predicted octanol–water partition coefficient (Wildman–Crippen LogP) is 3.65. The summed E-state index contributed by atoms with van der Waals surface area (Å²) in [5, 5.41) is 6.20. The third-order valence-electron chi connectivity index (χ3n) is 3.81. The third kappa shape index (κ3) is 4.50. The molecule has 110 valence electrons. The second kappa shape index (κ2) is 7.48. The maximum atomic E-state index is 11.9. The average molecular weight is 357 g/mol. The van der Waals surface area contributed by atoms with E-state index in [2.05, 4.69) is 32.8 Å². The number of hydrogen-bond donors (Lipinski definition) is 2. The second-order valence-corrected chi connectivity index (χ2v) is 7.44. The quantitative estimate of drug-likeness (QED) is 0.817. The highest BCUT2D eigenvalue weighted by Crippen LogP contribution is 2.39. The molecular weight excluding hydrogens is 336 g/mol. The van der Waals surface area contributed by atoms with Crippen LogP contribution in [0.25, 0.3) is 0 Å². The summed E-state index contributed by atoms with van der Waals surface area (Å²) < 4.78 is 1.36. The molecule has 1 aromatic carbocycles. The molecule has 0 spiro atoms. The molecule has 2 N–H and O–H groups in total. The summed E-state index contributed by atoms with van der Waals surface area (Å²) in [6.07, 6.45) is 7.32. The van der Waals surface area contributed by atoms with Gasteiger partial charge in [-0.3, -0.25) is 4.79 Å². The molecule has 20 heavy (non-hydrogen) atoms. The molecule has 0 aliphatic heterocycles. The minimum Gasteiger partial charge on any atom is -0.325 e. The van der Waals surface area contributed by atoms with E-state index >= 15 is 0 Å². The first-order chi connectivity index (χ1) is 9.63. The number of carbonyl (C=O) groups is 1. The van der Waals surface area contributed by atoms with Gasteiger partial charge in [-0.1, -0.05) is 28.8 Å². The Kier molecular flexibility index (Phi) is 5.93. The van der Waals surface area contributed by atoms with Gasteiger partial charge >= 0.3 is 0 Å². The fourth-order valence-electron chi connectivity index (χ4n) is 2.61. The number of thioether (sulfide) groups is 1. The molecule has 0 radical (unpaired) electrons. The minimum absolute atomic E-state index is 0.0153. The van der Waals surface area contributed by atoms with Crippen molar-refractivity contribution in [2.75, 3.05) is 24.7 Å². The molecule has 0 bridgehead atoms. The lowest BCUT2D eigenvalue weighted by molar-refractivity contribution is -0.115. The van der Waals surface area contributed by atoms with Crippen molar-refractivity contribution in [1.29, 1.82) is 0 Å². The van der Waals surface area contributed by atoms with Crippen LogP contribution >= 0.6 is 27.7 Å². The first kappa shape index (κ1) is 15.9. The summed E-state index contributed by atoms with van der Waals surface area (Å²) >= 11 is 5.32. The fourth-order valence-corrected chi connectivity index (χ4v) is 3.82. The molecule has 1 amide bonds. The number of benzene rings is 1. The Morgan fingerprint density at radius 3 is 2.55 bits per heavy atom. The van der Waals surface area contributed by atoms with Crippen molar-refractivity contribution >= 4 is 39.3 Å². The Labute approximate surface area is 133 Å². The van der Waals surface area contributed by atoms with E-state index in [1.807, 2.05) is 36.0 Å². The van der Waals surface area contributed by atoms with Crippen LogP contribution in [0.2, 0.25) is 0 Å². The molecule has 1 aromatic rings. The molecule has 0 saturated heterocycles. The zero-order valence-electron chi connectivity index (χ0n) is 11.7. The second-order valence-electron chi connectivity index (χ2n) is 5.25. The van der Waals surface area contributed by atoms with Gasteiger partial charge in [-0.15, -0.1) is 0 Å². The zero-order chi connectivity index (χ0) is 14.4. The van der Waals surface area contributed by atoms with E-state index in [9.17, 15) is 4.79 Å². The van der Waals surface area contributed by atoms with Crippen molar-refractivity contribution in [3.63, 3.8) is 0 Å². The van der Waals surface area contributed by atoms with Gasteiger partial charge in [-0.2, -0.15) is 11.8 Å². The number of carbonyl (C=O) groups excluding carboxylic acids is 1. The summed E-state index contributed by atoms with van der Waals surface area (Å²) in [4.78, 5) is 11.9. The minimum atomic E-state index is 0.0153. The standard InChI is InChI=1S/C15H21BrN2OS/c1-20-15(8-2-3-9-15)11-17-10-14(19)18-13-6-4-12(16)5-7-13/h4-7,17H,2-3,8-11H2,1H3,(H,18,19). The van der Waals surface area contributed by atoms with Gasteiger partial charge < -0.3 is 10.6 Å². The monoisotopic (exact) mass is 356 g/mol. The molecule has 5 heteroatoms. The Bertz CT molecular complexity index is 444. The Hall–Kier alpha value is -0.520. The molecule has 1 saturated carbocycles. The molecule has 0 unspecified atom stereocenters. The van der Waals surface area contributed by atoms with E-state index in [-0.39, 0.29) is 5.91 Å². The van der Waals surface area contributed by atoms with E-state index in [0.29, 0.717) is 11.3 Å². The van der Waals surface area contributed by atoms with E-state index in [0.717, 1.165) is 16.7 Å². The molecule has 1 fully saturated rings. The van der Waals surface area contributed by atoms with Crippen molar-refractivity contribution in [2.45, 2.75) is 30.4 Å². The van der Waals surface area contributed by atoms with Crippen molar-refractivity contribution in [3.8, 4) is 0 Å². The summed E-state index contributed by atoms with van der Waals surface area (Å²) in [5.74, 6) is 0.0153. The van der Waals surface area contributed by atoms with Gasteiger partial charge in [0.25, 0.3) is 0 Å². The van der Waals surface area contributed by atoms with Crippen molar-refractivity contribution in [2.24, 2.45) is 0 Å². The van der Waals surface area contributed by atoms with Crippen LogP contribution in [0, 0.1) is 0 Å². The molecule has 0 atom stereocenters. The van der Waals surface area contributed by atoms with E-state index in [4.69, 9.17) is 0 Å². The van der Waals surface area contributed by atoms with Crippen LogP contribution in [0.4, 0.5) is 5.69 Å². The number of amides is 1. The normalized spacial score (nSPS) is 17.1. The van der Waals surface area contributed by atoms with Gasteiger partial charge in [-0.05, 0) is 43.4 Å². The van der Waals surface area contributed by atoms with Crippen LogP contribution in [0.5, 0.6) is 0 Å². The summed E-state index contributed by atoms with van der Waals surface area (Å²) in [6, 6.07) is 7.62. The first-order valence-corrected chi connectivity index (χ1v) is 8.97. The van der Waals surface area contributed by atoms with Crippen molar-refractivity contribution < 1.29 is 4.79 Å². The fraction of sp³-hybridized carbons (Fsp3) is 0.533. The topological polar surface area (TPSA) is 41.1 Å². The number of anilines is 1. The summed E-state index contributed by atoms with van der Waals surface area (Å²) in [6.45, 7) is 1.29. The number of halogens is 1. The highest BCUT2D eigenvalue weighted by atomic mass is 79.9. The van der Waals surface area contributed by atoms with E-state index in [1.165, 1.54) is 25.7 Å². The third-order valence-corrected chi connectivity index (χ3v) is 5.76. The summed E-state index contributed by atoms with van der Waals surface area (Å²) in [5.41, 5.74) is 0.834. The van der Waals surface area contributed by atoms with Crippen molar-refractivity contribution in [1.82, 2.24) is 5.32 Å². The zero-order valence-corrected chi connectivity index (χ0v) is 14.1. The van der Waals surface area contributed by atoms with E-state index in [1.54, 1.807) is 0 Å². The average Bonchev–Trinajstić information content (AvgIpc) is 2.91. The molecule has 1 aliphatic rings. The number of nitrogens with one attached hydrogen (secondary N) is 2. The maximum Gasteiger partial charge on any atom is 0.238 e. The molecule has 1 aliphatic carbocycles. The molecule has 0 aromatic heterocycles. The van der Waals surface area contributed by atoms with Gasteiger partial charge in [0.15, 0.2) is 0 Å². The van der Waals surface area contributed by atoms with Gasteiger partial charge in [0.2, 0.25) is 5.91 Å². The lowest BCUT2D eigenvalue weighted by Crippen LogP contribution is -2.39. The van der Waals surface area contributed by atoms with Crippen LogP contribution in [-0.2, 0) is 4.79 Å². The predicted molar refractivity (Wildman–Crippen MR) is 90.4 cm³/mol. The molecular formula is C15H21BrN2OS. The van der Waals surface area contributed by atoms with Gasteiger partial charge in [0.05, 0.1) is 6.54 Å². The van der Waals surface area contributed by atoms with Gasteiger partial charge in [0.1, 0.15) is 0 Å². The summed E-state index contributed by atoms with van der Waals surface area (Å²) in [7, 11) is 0. The van der Waals surface area contributed by atoms with Crippen LogP contribution < -0.4 is 10.6 Å². The number of hydrogen-bond acceptors (Lipinski definition) is 3. The first-order valence-electron chi connectivity index (χ1n) is 6.95. The lowest BCUT2D eigenvalue weighted by Gasteiger charge is -2.26. The molecule has 0 heterocycles. The van der Waals surface area contributed by atoms with Gasteiger partial charge in [-0.25, -0.2) is 0 Å². The van der Waals surface area contributed by atoms with Crippen LogP contribution in [0.1, 0.15) is 25.7 Å². The Morgan fingerprint density at radius 2 is 1.95 bits per heavy atom. The Morgan fingerprint density at radius 1 is 1.30 bits per heavy atom. The SMILES string of the molecule is CSC1(CNCC(=O)Nc2ccc(Br)cc2)CCCC1.